The van der Waals surface area contributed by atoms with Crippen molar-refractivity contribution in [2.75, 3.05) is 13.1 Å². The summed E-state index contributed by atoms with van der Waals surface area (Å²) in [5.74, 6) is 0. The third-order valence-electron chi connectivity index (χ3n) is 2.25. The van der Waals surface area contributed by atoms with E-state index in [1.807, 2.05) is 0 Å². The fourth-order valence-corrected chi connectivity index (χ4v) is 1.67. The average Bonchev–Trinajstić information content (AvgIpc) is 2.05. The first-order chi connectivity index (χ1) is 4.97. The average molecular weight is 151 g/mol. The van der Waals surface area contributed by atoms with E-state index in [-0.39, 0.29) is 7.43 Å². The molecule has 1 heteroatoms. The molecule has 0 amide bonds. The van der Waals surface area contributed by atoms with E-state index in [2.05, 4.69) is 17.5 Å². The van der Waals surface area contributed by atoms with Gasteiger partial charge in [0.1, 0.15) is 0 Å². The molecule has 62 valence electrons. The van der Waals surface area contributed by atoms with Crippen molar-refractivity contribution in [3.05, 3.63) is 23.3 Å². The second kappa shape index (κ2) is 3.72. The summed E-state index contributed by atoms with van der Waals surface area (Å²) in [6.07, 6.45) is 8.53. The maximum absolute atomic E-state index is 3.37. The molecule has 0 radical (unpaired) electrons. The highest BCUT2D eigenvalue weighted by atomic mass is 14.9. The van der Waals surface area contributed by atoms with Crippen LogP contribution in [0.3, 0.4) is 0 Å². The van der Waals surface area contributed by atoms with Crippen molar-refractivity contribution in [2.24, 2.45) is 0 Å². The molecular weight excluding hydrogens is 134 g/mol. The summed E-state index contributed by atoms with van der Waals surface area (Å²) in [6, 6.07) is 0. The van der Waals surface area contributed by atoms with E-state index in [0.717, 1.165) is 6.54 Å². The van der Waals surface area contributed by atoms with Crippen LogP contribution in [0.2, 0.25) is 0 Å². The van der Waals surface area contributed by atoms with Crippen molar-refractivity contribution in [3.8, 4) is 0 Å². The minimum absolute atomic E-state index is 0. The smallest absolute Gasteiger partial charge is 0.0205 e. The lowest BCUT2D eigenvalue weighted by molar-refractivity contribution is 0.670. The second-order valence-corrected chi connectivity index (χ2v) is 2.96. The van der Waals surface area contributed by atoms with Crippen molar-refractivity contribution >= 4 is 0 Å². The van der Waals surface area contributed by atoms with E-state index in [0.29, 0.717) is 0 Å². The van der Waals surface area contributed by atoms with E-state index < -0.39 is 0 Å². The van der Waals surface area contributed by atoms with Crippen molar-refractivity contribution < 1.29 is 0 Å². The molecule has 1 saturated heterocycles. The summed E-state index contributed by atoms with van der Waals surface area (Å²) in [5.41, 5.74) is 3.16. The normalized spacial score (nSPS) is 22.5. The Labute approximate surface area is 69.2 Å². The summed E-state index contributed by atoms with van der Waals surface area (Å²) in [7, 11) is 0. The monoisotopic (exact) mass is 151 g/mol. The summed E-state index contributed by atoms with van der Waals surface area (Å²) in [6.45, 7) is 2.27. The maximum atomic E-state index is 3.37. The quantitative estimate of drug-likeness (QED) is 0.560. The van der Waals surface area contributed by atoms with Gasteiger partial charge in [-0.05, 0) is 37.0 Å². The lowest BCUT2D eigenvalue weighted by Gasteiger charge is -2.22. The predicted molar refractivity (Wildman–Crippen MR) is 49.6 cm³/mol. The van der Waals surface area contributed by atoms with E-state index in [4.69, 9.17) is 0 Å². The molecule has 1 nitrogen and oxygen atoms in total. The highest BCUT2D eigenvalue weighted by Gasteiger charge is 2.11. The summed E-state index contributed by atoms with van der Waals surface area (Å²) in [4.78, 5) is 0. The van der Waals surface area contributed by atoms with Gasteiger partial charge in [-0.3, -0.25) is 0 Å². The van der Waals surface area contributed by atoms with E-state index in [1.165, 1.54) is 25.8 Å². The van der Waals surface area contributed by atoms with Crippen molar-refractivity contribution in [1.29, 1.82) is 0 Å². The largest absolute Gasteiger partial charge is 0.312 e. The van der Waals surface area contributed by atoms with Gasteiger partial charge in [0.15, 0.2) is 0 Å². The third kappa shape index (κ3) is 1.72. The van der Waals surface area contributed by atoms with Crippen molar-refractivity contribution in [1.82, 2.24) is 5.32 Å². The molecule has 0 unspecified atom stereocenters. The molecule has 0 bridgehead atoms. The zero-order valence-corrected chi connectivity index (χ0v) is 6.19. The molecule has 1 heterocycles. The number of hydrogen-bond donors (Lipinski definition) is 1. The molecule has 1 aliphatic heterocycles. The van der Waals surface area contributed by atoms with E-state index in [9.17, 15) is 0 Å². The van der Waals surface area contributed by atoms with Gasteiger partial charge in [0.25, 0.3) is 0 Å². The van der Waals surface area contributed by atoms with Gasteiger partial charge in [0, 0.05) is 6.54 Å². The van der Waals surface area contributed by atoms with Crippen LogP contribution < -0.4 is 5.32 Å². The minimum atomic E-state index is 0. The molecule has 1 aliphatic carbocycles. The van der Waals surface area contributed by atoms with Crippen LogP contribution in [0.1, 0.15) is 26.7 Å². The molecule has 0 spiro atoms. The van der Waals surface area contributed by atoms with Gasteiger partial charge in [-0.15, -0.1) is 0 Å². The molecule has 0 aromatic carbocycles. The number of nitrogens with one attached hydrogen (secondary N) is 1. The van der Waals surface area contributed by atoms with Gasteiger partial charge in [-0.2, -0.15) is 0 Å². The molecule has 0 atom stereocenters. The molecule has 1 fully saturated rings. The van der Waals surface area contributed by atoms with E-state index >= 15 is 0 Å². The van der Waals surface area contributed by atoms with Gasteiger partial charge >= 0.3 is 0 Å². The first-order valence-corrected chi connectivity index (χ1v) is 4.06. The standard InChI is InChI=1S/C9H13N.CH4/c1-2-4-9-7-10-6-5-8(9)3-1;/h3-4,10H,1-2,5-7H2;1H4. The van der Waals surface area contributed by atoms with Crippen molar-refractivity contribution in [2.45, 2.75) is 26.7 Å². The van der Waals surface area contributed by atoms with Crippen molar-refractivity contribution in [3.63, 3.8) is 0 Å². The molecule has 0 aromatic heterocycles. The van der Waals surface area contributed by atoms with Crippen LogP contribution >= 0.6 is 0 Å². The Bertz CT molecular complexity index is 167. The van der Waals surface area contributed by atoms with Gasteiger partial charge in [-0.1, -0.05) is 19.6 Å². The van der Waals surface area contributed by atoms with Gasteiger partial charge in [-0.25, -0.2) is 0 Å². The lowest BCUT2D eigenvalue weighted by Crippen LogP contribution is -2.26. The second-order valence-electron chi connectivity index (χ2n) is 2.96. The van der Waals surface area contributed by atoms with Crippen LogP contribution in [0.15, 0.2) is 23.3 Å². The van der Waals surface area contributed by atoms with Crippen LogP contribution in [0, 0.1) is 0 Å². The Hall–Kier alpha value is -0.560. The molecule has 2 rings (SSSR count). The van der Waals surface area contributed by atoms with E-state index in [1.54, 1.807) is 11.1 Å². The fraction of sp³-hybridized carbons (Fsp3) is 0.600. The molecule has 2 aliphatic rings. The number of rotatable bonds is 0. The molecule has 0 saturated carbocycles. The number of fused-ring (bicyclic) bond motifs is 1. The maximum Gasteiger partial charge on any atom is 0.0205 e. The predicted octanol–water partition coefficient (Wildman–Crippen LogP) is 2.26. The first kappa shape index (κ1) is 8.54. The SMILES string of the molecule is C.C1=C2CCNCC2=CCC1. The zero-order valence-electron chi connectivity index (χ0n) is 6.19. The number of hydrogen-bond acceptors (Lipinski definition) is 1. The van der Waals surface area contributed by atoms with Crippen LogP contribution in [0.25, 0.3) is 0 Å². The summed E-state index contributed by atoms with van der Waals surface area (Å²) in [5, 5.41) is 3.37. The zero-order chi connectivity index (χ0) is 6.81. The first-order valence-electron chi connectivity index (χ1n) is 4.06. The van der Waals surface area contributed by atoms with Gasteiger partial charge in [0.2, 0.25) is 0 Å². The highest BCUT2D eigenvalue weighted by Crippen LogP contribution is 2.22. The van der Waals surface area contributed by atoms with Crippen LogP contribution in [-0.2, 0) is 0 Å². The topological polar surface area (TPSA) is 12.0 Å². The summed E-state index contributed by atoms with van der Waals surface area (Å²) < 4.78 is 0. The number of piperidine rings is 1. The third-order valence-corrected chi connectivity index (χ3v) is 2.25. The molecule has 11 heavy (non-hydrogen) atoms. The van der Waals surface area contributed by atoms with Crippen LogP contribution in [0.4, 0.5) is 0 Å². The Morgan fingerprint density at radius 1 is 1.09 bits per heavy atom. The highest BCUT2D eigenvalue weighted by molar-refractivity contribution is 5.36. The van der Waals surface area contributed by atoms with Crippen LogP contribution in [-0.4, -0.2) is 13.1 Å². The molecule has 0 aromatic rings. The minimum Gasteiger partial charge on any atom is -0.312 e. The van der Waals surface area contributed by atoms with Gasteiger partial charge in [0.05, 0.1) is 0 Å². The molecule has 1 N–H and O–H groups in total. The Balaban J connectivity index is 0.000000605. The Kier molecular flexibility index (Phi) is 2.89. The molecular formula is C10H17N. The lowest BCUT2D eigenvalue weighted by atomic mass is 9.93. The number of allylic oxidation sites excluding steroid dienone is 2. The fourth-order valence-electron chi connectivity index (χ4n) is 1.67. The summed E-state index contributed by atoms with van der Waals surface area (Å²) >= 11 is 0. The Morgan fingerprint density at radius 3 is 2.55 bits per heavy atom. The van der Waals surface area contributed by atoms with Gasteiger partial charge < -0.3 is 5.32 Å². The van der Waals surface area contributed by atoms with Crippen LogP contribution in [0.5, 0.6) is 0 Å². The Morgan fingerprint density at radius 2 is 1.82 bits per heavy atom.